The van der Waals surface area contributed by atoms with Crippen LogP contribution in [-0.2, 0) is 19.1 Å². The van der Waals surface area contributed by atoms with E-state index in [2.05, 4.69) is 10.6 Å². The van der Waals surface area contributed by atoms with E-state index in [-0.39, 0.29) is 5.92 Å². The van der Waals surface area contributed by atoms with Crippen LogP contribution in [0.25, 0.3) is 0 Å². The second kappa shape index (κ2) is 7.17. The molecule has 0 radical (unpaired) electrons. The molecule has 8 nitrogen and oxygen atoms in total. The number of rotatable bonds is 6. The molecular weight excluding hydrogens is 376 g/mol. The summed E-state index contributed by atoms with van der Waals surface area (Å²) in [5, 5.41) is 4.70. The molecule has 1 aromatic carbocycles. The Morgan fingerprint density at radius 1 is 1.36 bits per heavy atom. The van der Waals surface area contributed by atoms with Gasteiger partial charge < -0.3 is 15.4 Å². The molecule has 2 aliphatic rings. The van der Waals surface area contributed by atoms with Crippen LogP contribution >= 0.6 is 0 Å². The summed E-state index contributed by atoms with van der Waals surface area (Å²) in [5.74, 6) is -3.96. The van der Waals surface area contributed by atoms with E-state index in [9.17, 15) is 28.0 Å². The van der Waals surface area contributed by atoms with Gasteiger partial charge in [-0.05, 0) is 44.7 Å². The highest BCUT2D eigenvalue weighted by Crippen LogP contribution is 2.42. The fraction of sp³-hybridized carbons (Fsp3) is 0.444. The number of amides is 4. The van der Waals surface area contributed by atoms with E-state index in [4.69, 9.17) is 4.74 Å². The van der Waals surface area contributed by atoms with Gasteiger partial charge in [-0.3, -0.25) is 19.3 Å². The Labute approximate surface area is 159 Å². The smallest absolute Gasteiger partial charge is 0.327 e. The number of ether oxygens (including phenoxy) is 1. The maximum Gasteiger partial charge on any atom is 0.327 e. The van der Waals surface area contributed by atoms with Crippen LogP contribution in [0.5, 0.6) is 0 Å². The van der Waals surface area contributed by atoms with Gasteiger partial charge in [-0.25, -0.2) is 13.6 Å². The zero-order valence-corrected chi connectivity index (χ0v) is 15.3. The first-order valence-corrected chi connectivity index (χ1v) is 8.71. The van der Waals surface area contributed by atoms with Gasteiger partial charge in [0.05, 0.1) is 5.69 Å². The molecule has 0 aromatic heterocycles. The zero-order valence-electron chi connectivity index (χ0n) is 15.3. The van der Waals surface area contributed by atoms with Crippen molar-refractivity contribution >= 4 is 29.5 Å². The highest BCUT2D eigenvalue weighted by molar-refractivity contribution is 6.09. The lowest BCUT2D eigenvalue weighted by molar-refractivity contribution is -0.155. The van der Waals surface area contributed by atoms with Gasteiger partial charge in [0.15, 0.2) is 6.10 Å². The normalized spacial score (nSPS) is 22.6. The number of benzene rings is 1. The number of hydrogen-bond acceptors (Lipinski definition) is 5. The predicted molar refractivity (Wildman–Crippen MR) is 91.9 cm³/mol. The van der Waals surface area contributed by atoms with Crippen molar-refractivity contribution < 1.29 is 32.7 Å². The molecule has 28 heavy (non-hydrogen) atoms. The molecule has 10 heteroatoms. The average molecular weight is 395 g/mol. The summed E-state index contributed by atoms with van der Waals surface area (Å²) in [4.78, 5) is 49.3. The number of anilines is 1. The Morgan fingerprint density at radius 3 is 2.68 bits per heavy atom. The quantitative estimate of drug-likeness (QED) is 0.562. The van der Waals surface area contributed by atoms with Gasteiger partial charge in [0, 0.05) is 6.07 Å². The molecule has 150 valence electrons. The van der Waals surface area contributed by atoms with Crippen molar-refractivity contribution in [2.75, 3.05) is 11.9 Å². The Bertz CT molecular complexity index is 858. The van der Waals surface area contributed by atoms with E-state index >= 15 is 0 Å². The molecule has 2 N–H and O–H groups in total. The minimum absolute atomic E-state index is 0.0378. The molecule has 1 aliphatic carbocycles. The van der Waals surface area contributed by atoms with Crippen LogP contribution < -0.4 is 10.6 Å². The topological polar surface area (TPSA) is 105 Å². The van der Waals surface area contributed by atoms with Gasteiger partial charge >= 0.3 is 12.0 Å². The second-order valence-corrected chi connectivity index (χ2v) is 7.04. The highest BCUT2D eigenvalue weighted by Gasteiger charge is 2.56. The number of urea groups is 1. The van der Waals surface area contributed by atoms with Gasteiger partial charge in [0.2, 0.25) is 0 Å². The molecule has 2 atom stereocenters. The van der Waals surface area contributed by atoms with E-state index in [0.717, 1.165) is 35.9 Å². The molecule has 1 saturated heterocycles. The van der Waals surface area contributed by atoms with Crippen molar-refractivity contribution in [2.45, 2.75) is 38.3 Å². The lowest BCUT2D eigenvalue weighted by atomic mass is 9.96. The Balaban J connectivity index is 1.57. The van der Waals surface area contributed by atoms with Gasteiger partial charge in [-0.2, -0.15) is 0 Å². The minimum Gasteiger partial charge on any atom is -0.451 e. The molecule has 0 spiro atoms. The van der Waals surface area contributed by atoms with Crippen molar-refractivity contribution in [3.8, 4) is 0 Å². The van der Waals surface area contributed by atoms with Crippen molar-refractivity contribution in [1.29, 1.82) is 0 Å². The first-order valence-electron chi connectivity index (χ1n) is 8.71. The van der Waals surface area contributed by atoms with Gasteiger partial charge in [0.1, 0.15) is 23.7 Å². The van der Waals surface area contributed by atoms with E-state index in [1.807, 2.05) is 0 Å². The lowest BCUT2D eigenvalue weighted by Gasteiger charge is -2.21. The van der Waals surface area contributed by atoms with E-state index < -0.39 is 59.3 Å². The number of esters is 1. The number of imide groups is 1. The Morgan fingerprint density at radius 2 is 2.04 bits per heavy atom. The lowest BCUT2D eigenvalue weighted by Crippen LogP contribution is -2.46. The standard InChI is InChI=1S/C18H19F2N3O5/c1-9(15(25)21-13-7-11(19)5-6-12(13)20)28-14(24)8-23-16(26)18(2,10-3-4-10)22-17(23)27/h5-7,9-10H,3-4,8H2,1-2H3,(H,21,25)(H,22,27)/t9-,18+/m1/s1. The molecule has 0 bridgehead atoms. The van der Waals surface area contributed by atoms with Crippen molar-refractivity contribution in [3.63, 3.8) is 0 Å². The maximum absolute atomic E-state index is 13.6. The fourth-order valence-corrected chi connectivity index (χ4v) is 3.04. The molecule has 2 fully saturated rings. The van der Waals surface area contributed by atoms with Crippen molar-refractivity contribution in [1.82, 2.24) is 10.2 Å². The van der Waals surface area contributed by atoms with Crippen LogP contribution in [0.1, 0.15) is 26.7 Å². The molecule has 1 aromatic rings. The number of carbonyl (C=O) groups is 4. The molecule has 1 heterocycles. The first-order chi connectivity index (χ1) is 13.1. The maximum atomic E-state index is 13.6. The van der Waals surface area contributed by atoms with Crippen molar-refractivity contribution in [3.05, 3.63) is 29.8 Å². The first kappa shape index (κ1) is 19.7. The zero-order chi connectivity index (χ0) is 20.6. The summed E-state index contributed by atoms with van der Waals surface area (Å²) < 4.78 is 31.6. The Hall–Kier alpha value is -3.04. The number of hydrogen-bond donors (Lipinski definition) is 2. The van der Waals surface area contributed by atoms with Crippen LogP contribution in [0.4, 0.5) is 19.3 Å². The van der Waals surface area contributed by atoms with Gasteiger partial charge in [-0.15, -0.1) is 0 Å². The van der Waals surface area contributed by atoms with Gasteiger partial charge in [0.25, 0.3) is 11.8 Å². The third-order valence-electron chi connectivity index (χ3n) is 4.85. The monoisotopic (exact) mass is 395 g/mol. The number of halogens is 2. The van der Waals surface area contributed by atoms with E-state index in [1.54, 1.807) is 6.92 Å². The summed E-state index contributed by atoms with van der Waals surface area (Å²) >= 11 is 0. The largest absolute Gasteiger partial charge is 0.451 e. The van der Waals surface area contributed by atoms with E-state index in [1.165, 1.54) is 6.92 Å². The number of nitrogens with zero attached hydrogens (tertiary/aromatic N) is 1. The van der Waals surface area contributed by atoms with Crippen LogP contribution in [0.3, 0.4) is 0 Å². The summed E-state index contributed by atoms with van der Waals surface area (Å²) in [7, 11) is 0. The third-order valence-corrected chi connectivity index (χ3v) is 4.85. The SMILES string of the molecule is C[C@@H](OC(=O)CN1C(=O)N[C@@](C)(C2CC2)C1=O)C(=O)Nc1cc(F)ccc1F. The summed E-state index contributed by atoms with van der Waals surface area (Å²) in [5.41, 5.74) is -1.43. The van der Waals surface area contributed by atoms with Crippen molar-refractivity contribution in [2.24, 2.45) is 5.92 Å². The molecular formula is C18H19F2N3O5. The van der Waals surface area contributed by atoms with E-state index in [0.29, 0.717) is 0 Å². The molecule has 3 rings (SSSR count). The van der Waals surface area contributed by atoms with Gasteiger partial charge in [-0.1, -0.05) is 0 Å². The van der Waals surface area contributed by atoms with Crippen LogP contribution in [0, 0.1) is 17.6 Å². The minimum atomic E-state index is -1.36. The number of carbonyl (C=O) groups excluding carboxylic acids is 4. The summed E-state index contributed by atoms with van der Waals surface area (Å²) in [6, 6.07) is 1.82. The van der Waals surface area contributed by atoms with Crippen LogP contribution in [-0.4, -0.2) is 46.9 Å². The Kier molecular flexibility index (Phi) is 5.05. The second-order valence-electron chi connectivity index (χ2n) is 7.04. The summed E-state index contributed by atoms with van der Waals surface area (Å²) in [6.07, 6.45) is 0.272. The van der Waals surface area contributed by atoms with Crippen LogP contribution in [0.2, 0.25) is 0 Å². The molecule has 0 unspecified atom stereocenters. The fourth-order valence-electron chi connectivity index (χ4n) is 3.04. The number of nitrogens with one attached hydrogen (secondary N) is 2. The average Bonchev–Trinajstić information content (AvgIpc) is 3.44. The molecule has 1 saturated carbocycles. The third kappa shape index (κ3) is 3.80. The predicted octanol–water partition coefficient (Wildman–Crippen LogP) is 1.56. The molecule has 4 amide bonds. The summed E-state index contributed by atoms with van der Waals surface area (Å²) in [6.45, 7) is 2.18. The molecule has 1 aliphatic heterocycles. The van der Waals surface area contributed by atoms with Crippen LogP contribution in [0.15, 0.2) is 18.2 Å². The highest BCUT2D eigenvalue weighted by atomic mass is 19.1.